The van der Waals surface area contributed by atoms with Crippen molar-refractivity contribution in [1.82, 2.24) is 9.78 Å². The van der Waals surface area contributed by atoms with Gasteiger partial charge in [-0.3, -0.25) is 4.68 Å². The lowest BCUT2D eigenvalue weighted by atomic mass is 10.0. The summed E-state index contributed by atoms with van der Waals surface area (Å²) in [7, 11) is 0. The quantitative estimate of drug-likeness (QED) is 0.783. The van der Waals surface area contributed by atoms with E-state index in [4.69, 9.17) is 5.11 Å². The molecule has 1 rings (SSSR count). The molecule has 78 valence electrons. The van der Waals surface area contributed by atoms with E-state index in [2.05, 4.69) is 18.9 Å². The molecule has 1 aromatic rings. The Morgan fingerprint density at radius 3 is 2.64 bits per heavy atom. The average Bonchev–Trinajstić information content (AvgIpc) is 2.62. The van der Waals surface area contributed by atoms with Crippen molar-refractivity contribution in [2.24, 2.45) is 5.92 Å². The number of hydrogen-bond acceptors (Lipinski definition) is 2. The summed E-state index contributed by atoms with van der Waals surface area (Å²) < 4.78 is 1.71. The summed E-state index contributed by atoms with van der Waals surface area (Å²) in [5.74, 6) is -0.336. The van der Waals surface area contributed by atoms with Crippen LogP contribution in [0.25, 0.3) is 0 Å². The lowest BCUT2D eigenvalue weighted by molar-refractivity contribution is 0.0696. The Hall–Kier alpha value is -1.32. The Bertz CT molecular complexity index is 303. The highest BCUT2D eigenvalue weighted by molar-refractivity contribution is 5.86. The molecule has 0 aromatic carbocycles. The number of aromatic carboxylic acids is 1. The zero-order chi connectivity index (χ0) is 10.6. The monoisotopic (exact) mass is 196 g/mol. The fraction of sp³-hybridized carbons (Fsp3) is 0.600. The van der Waals surface area contributed by atoms with Gasteiger partial charge >= 0.3 is 5.97 Å². The summed E-state index contributed by atoms with van der Waals surface area (Å²) in [6.07, 6.45) is 5.17. The molecule has 4 heteroatoms. The summed E-state index contributed by atoms with van der Waals surface area (Å²) in [6.45, 7) is 5.08. The second kappa shape index (κ2) is 4.79. The number of rotatable bonds is 5. The number of aromatic nitrogens is 2. The highest BCUT2D eigenvalue weighted by Crippen LogP contribution is 2.10. The van der Waals surface area contributed by atoms with Crippen molar-refractivity contribution in [3.63, 3.8) is 0 Å². The molecule has 0 radical (unpaired) electrons. The maximum absolute atomic E-state index is 10.6. The second-order valence-corrected chi connectivity index (χ2v) is 3.44. The first-order valence-electron chi connectivity index (χ1n) is 4.93. The lowest BCUT2D eigenvalue weighted by Crippen LogP contribution is -2.09. The normalized spacial score (nSPS) is 10.8. The van der Waals surface area contributed by atoms with Crippen molar-refractivity contribution in [1.29, 1.82) is 0 Å². The Morgan fingerprint density at radius 2 is 2.21 bits per heavy atom. The van der Waals surface area contributed by atoms with Crippen molar-refractivity contribution in [2.45, 2.75) is 33.2 Å². The van der Waals surface area contributed by atoms with Crippen molar-refractivity contribution >= 4 is 5.97 Å². The zero-order valence-electron chi connectivity index (χ0n) is 8.60. The molecule has 0 aliphatic rings. The van der Waals surface area contributed by atoms with E-state index in [1.165, 1.54) is 6.20 Å². The molecule has 4 nitrogen and oxygen atoms in total. The van der Waals surface area contributed by atoms with E-state index in [1.807, 2.05) is 0 Å². The van der Waals surface area contributed by atoms with Gasteiger partial charge in [-0.05, 0) is 5.92 Å². The maximum Gasteiger partial charge on any atom is 0.338 e. The van der Waals surface area contributed by atoms with Gasteiger partial charge < -0.3 is 5.11 Å². The molecule has 0 bridgehead atoms. The van der Waals surface area contributed by atoms with Gasteiger partial charge in [0, 0.05) is 12.7 Å². The molecule has 0 spiro atoms. The molecular formula is C10H16N2O2. The van der Waals surface area contributed by atoms with Gasteiger partial charge in [0.25, 0.3) is 0 Å². The fourth-order valence-electron chi connectivity index (χ4n) is 1.39. The van der Waals surface area contributed by atoms with Crippen molar-refractivity contribution < 1.29 is 9.90 Å². The highest BCUT2D eigenvalue weighted by atomic mass is 16.4. The number of nitrogens with zero attached hydrogens (tertiary/aromatic N) is 2. The van der Waals surface area contributed by atoms with Crippen LogP contribution in [-0.2, 0) is 6.54 Å². The van der Waals surface area contributed by atoms with Gasteiger partial charge in [0.05, 0.1) is 11.8 Å². The third kappa shape index (κ3) is 2.58. The van der Waals surface area contributed by atoms with Crippen LogP contribution in [0, 0.1) is 5.92 Å². The number of carboxylic acids is 1. The van der Waals surface area contributed by atoms with Gasteiger partial charge in [0.15, 0.2) is 0 Å². The first-order chi connectivity index (χ1) is 6.67. The predicted octanol–water partition coefficient (Wildman–Crippen LogP) is 2.02. The minimum atomic E-state index is -0.916. The first-order valence-corrected chi connectivity index (χ1v) is 4.93. The molecular weight excluding hydrogens is 180 g/mol. The third-order valence-corrected chi connectivity index (χ3v) is 2.48. The highest BCUT2D eigenvalue weighted by Gasteiger charge is 2.08. The number of carbonyl (C=O) groups is 1. The Kier molecular flexibility index (Phi) is 3.68. The van der Waals surface area contributed by atoms with Crippen molar-refractivity contribution in [3.05, 3.63) is 18.0 Å². The molecule has 1 heterocycles. The van der Waals surface area contributed by atoms with Crippen LogP contribution in [0.2, 0.25) is 0 Å². The van der Waals surface area contributed by atoms with Gasteiger partial charge in [-0.25, -0.2) is 4.79 Å². The van der Waals surface area contributed by atoms with Gasteiger partial charge in [-0.1, -0.05) is 26.7 Å². The van der Waals surface area contributed by atoms with Crippen molar-refractivity contribution in [3.8, 4) is 0 Å². The van der Waals surface area contributed by atoms with E-state index >= 15 is 0 Å². The molecule has 0 saturated carbocycles. The summed E-state index contributed by atoms with van der Waals surface area (Å²) in [5, 5.41) is 12.7. The molecule has 0 amide bonds. The van der Waals surface area contributed by atoms with Crippen LogP contribution >= 0.6 is 0 Å². The topological polar surface area (TPSA) is 55.1 Å². The van der Waals surface area contributed by atoms with Crippen LogP contribution in [0.1, 0.15) is 37.0 Å². The second-order valence-electron chi connectivity index (χ2n) is 3.44. The predicted molar refractivity (Wildman–Crippen MR) is 53.3 cm³/mol. The van der Waals surface area contributed by atoms with Gasteiger partial charge in [-0.15, -0.1) is 0 Å². The number of hydrogen-bond donors (Lipinski definition) is 1. The molecule has 1 aromatic heterocycles. The molecule has 0 aliphatic heterocycles. The molecule has 14 heavy (non-hydrogen) atoms. The van der Waals surface area contributed by atoms with Crippen LogP contribution in [-0.4, -0.2) is 20.9 Å². The molecule has 0 saturated heterocycles. The summed E-state index contributed by atoms with van der Waals surface area (Å²) in [6, 6.07) is 0. The summed E-state index contributed by atoms with van der Waals surface area (Å²) >= 11 is 0. The number of carboxylic acid groups (broad SMARTS) is 1. The summed E-state index contributed by atoms with van der Waals surface area (Å²) in [4.78, 5) is 10.6. The van der Waals surface area contributed by atoms with Gasteiger partial charge in [0.2, 0.25) is 0 Å². The minimum absolute atomic E-state index is 0.260. The lowest BCUT2D eigenvalue weighted by Gasteiger charge is -2.11. The SMILES string of the molecule is CCC(CC)Cn1cc(C(=O)O)cn1. The van der Waals surface area contributed by atoms with E-state index in [0.29, 0.717) is 5.92 Å². The van der Waals surface area contributed by atoms with E-state index in [-0.39, 0.29) is 5.56 Å². The fourth-order valence-corrected chi connectivity index (χ4v) is 1.39. The third-order valence-electron chi connectivity index (χ3n) is 2.48. The smallest absolute Gasteiger partial charge is 0.338 e. The average molecular weight is 196 g/mol. The van der Waals surface area contributed by atoms with E-state index < -0.39 is 5.97 Å². The standard InChI is InChI=1S/C10H16N2O2/c1-3-8(4-2)6-12-7-9(5-11-12)10(13)14/h5,7-8H,3-4,6H2,1-2H3,(H,13,14). The van der Waals surface area contributed by atoms with Gasteiger partial charge in [-0.2, -0.15) is 5.10 Å². The Labute approximate surface area is 83.5 Å². The molecule has 0 atom stereocenters. The Morgan fingerprint density at radius 1 is 1.57 bits per heavy atom. The van der Waals surface area contributed by atoms with E-state index in [0.717, 1.165) is 19.4 Å². The zero-order valence-corrected chi connectivity index (χ0v) is 8.60. The van der Waals surface area contributed by atoms with Crippen LogP contribution in [0.3, 0.4) is 0 Å². The maximum atomic E-state index is 10.6. The van der Waals surface area contributed by atoms with Crippen LogP contribution in [0.5, 0.6) is 0 Å². The molecule has 0 aliphatic carbocycles. The molecule has 0 unspecified atom stereocenters. The first kappa shape index (κ1) is 10.8. The largest absolute Gasteiger partial charge is 0.478 e. The molecule has 1 N–H and O–H groups in total. The van der Waals surface area contributed by atoms with Crippen molar-refractivity contribution in [2.75, 3.05) is 0 Å². The van der Waals surface area contributed by atoms with E-state index in [9.17, 15) is 4.79 Å². The Balaban J connectivity index is 2.63. The van der Waals surface area contributed by atoms with Crippen LogP contribution in [0.15, 0.2) is 12.4 Å². The minimum Gasteiger partial charge on any atom is -0.478 e. The van der Waals surface area contributed by atoms with Crippen LogP contribution < -0.4 is 0 Å². The van der Waals surface area contributed by atoms with E-state index in [1.54, 1.807) is 10.9 Å². The summed E-state index contributed by atoms with van der Waals surface area (Å²) in [5.41, 5.74) is 0.260. The van der Waals surface area contributed by atoms with Gasteiger partial charge in [0.1, 0.15) is 0 Å². The van der Waals surface area contributed by atoms with Crippen LogP contribution in [0.4, 0.5) is 0 Å². The molecule has 0 fully saturated rings.